The van der Waals surface area contributed by atoms with E-state index in [-0.39, 0.29) is 24.3 Å². The zero-order valence-electron chi connectivity index (χ0n) is 14.3. The van der Waals surface area contributed by atoms with Crippen LogP contribution >= 0.6 is 12.4 Å². The number of benzene rings is 2. The highest BCUT2D eigenvalue weighted by atomic mass is 35.5. The number of methoxy groups -OCH3 is 1. The fourth-order valence-electron chi connectivity index (χ4n) is 3.01. The molecule has 1 N–H and O–H groups in total. The molecule has 4 nitrogen and oxygen atoms in total. The van der Waals surface area contributed by atoms with Crippen molar-refractivity contribution in [1.82, 2.24) is 10.2 Å². The molecule has 136 valence electrons. The molecule has 0 amide bonds. The fraction of sp³-hybridized carbons (Fsp3) is 0.368. The molecule has 0 aliphatic carbocycles. The summed E-state index contributed by atoms with van der Waals surface area (Å²) in [6, 6.07) is 14.6. The summed E-state index contributed by atoms with van der Waals surface area (Å²) >= 11 is 0. The van der Waals surface area contributed by atoms with Crippen LogP contribution in [0.25, 0.3) is 0 Å². The van der Waals surface area contributed by atoms with Crippen LogP contribution in [-0.4, -0.2) is 44.8 Å². The molecule has 1 aliphatic heterocycles. The molecule has 0 radical (unpaired) electrons. The van der Waals surface area contributed by atoms with Crippen molar-refractivity contribution < 1.29 is 13.9 Å². The molecular weight excluding hydrogens is 343 g/mol. The van der Waals surface area contributed by atoms with E-state index in [0.717, 1.165) is 43.2 Å². The van der Waals surface area contributed by atoms with Gasteiger partial charge in [0.2, 0.25) is 0 Å². The maximum atomic E-state index is 13.5. The lowest BCUT2D eigenvalue weighted by Crippen LogP contribution is -2.47. The van der Waals surface area contributed by atoms with Crippen molar-refractivity contribution in [3.63, 3.8) is 0 Å². The Bertz CT molecular complexity index is 654. The number of nitrogens with one attached hydrogen (secondary N) is 1. The Morgan fingerprint density at radius 1 is 1.16 bits per heavy atom. The van der Waals surface area contributed by atoms with Crippen molar-refractivity contribution in [3.8, 4) is 11.5 Å². The normalized spacial score (nSPS) is 17.6. The van der Waals surface area contributed by atoms with Gasteiger partial charge in [0.05, 0.1) is 7.11 Å². The van der Waals surface area contributed by atoms with E-state index in [1.807, 2.05) is 30.3 Å². The molecule has 3 rings (SSSR count). The van der Waals surface area contributed by atoms with Gasteiger partial charge in [0.25, 0.3) is 0 Å². The second kappa shape index (κ2) is 9.61. The molecule has 0 spiro atoms. The van der Waals surface area contributed by atoms with Crippen LogP contribution in [0.4, 0.5) is 4.39 Å². The topological polar surface area (TPSA) is 33.7 Å². The highest BCUT2D eigenvalue weighted by molar-refractivity contribution is 5.85. The second-order valence-corrected chi connectivity index (χ2v) is 5.83. The van der Waals surface area contributed by atoms with Crippen LogP contribution in [0.15, 0.2) is 48.5 Å². The van der Waals surface area contributed by atoms with Crippen LogP contribution in [0.5, 0.6) is 11.5 Å². The van der Waals surface area contributed by atoms with Gasteiger partial charge in [-0.05, 0) is 42.0 Å². The smallest absolute Gasteiger partial charge is 0.123 e. The Morgan fingerprint density at radius 3 is 2.64 bits per heavy atom. The largest absolute Gasteiger partial charge is 0.497 e. The van der Waals surface area contributed by atoms with Gasteiger partial charge in [0.15, 0.2) is 0 Å². The van der Waals surface area contributed by atoms with E-state index in [0.29, 0.717) is 6.61 Å². The van der Waals surface area contributed by atoms with Gasteiger partial charge in [-0.15, -0.1) is 12.4 Å². The molecule has 2 aromatic rings. The second-order valence-electron chi connectivity index (χ2n) is 5.83. The number of nitrogens with zero attached hydrogens (tertiary/aromatic N) is 1. The lowest BCUT2D eigenvalue weighted by Gasteiger charge is -2.36. The lowest BCUT2D eigenvalue weighted by molar-refractivity contribution is 0.134. The summed E-state index contributed by atoms with van der Waals surface area (Å²) in [7, 11) is 1.65. The van der Waals surface area contributed by atoms with Crippen molar-refractivity contribution in [3.05, 3.63) is 59.9 Å². The summed E-state index contributed by atoms with van der Waals surface area (Å²) in [5, 5.41) is 3.38. The number of halogens is 2. The van der Waals surface area contributed by atoms with Gasteiger partial charge in [-0.2, -0.15) is 0 Å². The van der Waals surface area contributed by atoms with Gasteiger partial charge < -0.3 is 14.8 Å². The van der Waals surface area contributed by atoms with Crippen molar-refractivity contribution in [2.75, 3.05) is 39.9 Å². The average molecular weight is 367 g/mol. The van der Waals surface area contributed by atoms with Gasteiger partial charge in [-0.25, -0.2) is 4.39 Å². The van der Waals surface area contributed by atoms with Gasteiger partial charge in [0.1, 0.15) is 23.9 Å². The molecule has 1 heterocycles. The minimum Gasteiger partial charge on any atom is -0.497 e. The summed E-state index contributed by atoms with van der Waals surface area (Å²) in [5.41, 5.74) is 1.01. The van der Waals surface area contributed by atoms with Crippen molar-refractivity contribution in [1.29, 1.82) is 0 Å². The van der Waals surface area contributed by atoms with Crippen LogP contribution in [0.1, 0.15) is 11.6 Å². The molecule has 2 aromatic carbocycles. The Hall–Kier alpha value is -1.82. The summed E-state index contributed by atoms with van der Waals surface area (Å²) in [5.74, 6) is 1.45. The molecule has 0 aromatic heterocycles. The van der Waals surface area contributed by atoms with Crippen LogP contribution < -0.4 is 14.8 Å². The van der Waals surface area contributed by atoms with E-state index in [2.05, 4.69) is 10.2 Å². The summed E-state index contributed by atoms with van der Waals surface area (Å²) < 4.78 is 24.5. The van der Waals surface area contributed by atoms with Crippen LogP contribution in [0.2, 0.25) is 0 Å². The van der Waals surface area contributed by atoms with E-state index >= 15 is 0 Å². The molecule has 1 atom stereocenters. The van der Waals surface area contributed by atoms with Gasteiger partial charge in [0, 0.05) is 32.2 Å². The molecular formula is C19H24ClFN2O2. The zero-order chi connectivity index (χ0) is 16.8. The monoisotopic (exact) mass is 366 g/mol. The third-order valence-corrected chi connectivity index (χ3v) is 4.29. The standard InChI is InChI=1S/C19H23FN2O2.ClH/c1-23-17-5-7-18(8-6-17)24-12-11-22-10-9-21-14-19(22)15-3-2-4-16(20)13-15;/h2-8,13,19,21H,9-12,14H2,1H3;1H. The Morgan fingerprint density at radius 2 is 1.92 bits per heavy atom. The number of hydrogen-bond acceptors (Lipinski definition) is 4. The summed E-state index contributed by atoms with van der Waals surface area (Å²) in [4.78, 5) is 2.34. The maximum absolute atomic E-state index is 13.5. The highest BCUT2D eigenvalue weighted by Crippen LogP contribution is 2.23. The van der Waals surface area contributed by atoms with Crippen LogP contribution in [-0.2, 0) is 0 Å². The number of ether oxygens (including phenoxy) is 2. The Balaban J connectivity index is 0.00000225. The third-order valence-electron chi connectivity index (χ3n) is 4.29. The molecule has 0 saturated carbocycles. The predicted octanol–water partition coefficient (Wildman–Crippen LogP) is 3.28. The SMILES string of the molecule is COc1ccc(OCCN2CCNCC2c2cccc(F)c2)cc1.Cl. The first-order valence-corrected chi connectivity index (χ1v) is 8.23. The van der Waals surface area contributed by atoms with E-state index in [1.54, 1.807) is 19.2 Å². The molecule has 6 heteroatoms. The minimum absolute atomic E-state index is 0. The van der Waals surface area contributed by atoms with Gasteiger partial charge >= 0.3 is 0 Å². The maximum Gasteiger partial charge on any atom is 0.123 e. The van der Waals surface area contributed by atoms with Crippen molar-refractivity contribution in [2.24, 2.45) is 0 Å². The quantitative estimate of drug-likeness (QED) is 0.850. The van der Waals surface area contributed by atoms with E-state index in [9.17, 15) is 4.39 Å². The highest BCUT2D eigenvalue weighted by Gasteiger charge is 2.23. The Kier molecular flexibility index (Phi) is 7.50. The minimum atomic E-state index is -0.187. The first-order valence-electron chi connectivity index (χ1n) is 8.23. The lowest BCUT2D eigenvalue weighted by atomic mass is 10.0. The Labute approximate surface area is 154 Å². The third kappa shape index (κ3) is 5.33. The first-order chi connectivity index (χ1) is 11.8. The predicted molar refractivity (Wildman–Crippen MR) is 99.3 cm³/mol. The van der Waals surface area contributed by atoms with E-state index < -0.39 is 0 Å². The average Bonchev–Trinajstić information content (AvgIpc) is 2.63. The van der Waals surface area contributed by atoms with E-state index in [1.165, 1.54) is 6.07 Å². The molecule has 0 bridgehead atoms. The van der Waals surface area contributed by atoms with Crippen LogP contribution in [0, 0.1) is 5.82 Å². The molecule has 1 unspecified atom stereocenters. The zero-order valence-corrected chi connectivity index (χ0v) is 15.1. The summed E-state index contributed by atoms with van der Waals surface area (Å²) in [6.45, 7) is 4.08. The van der Waals surface area contributed by atoms with Crippen LogP contribution in [0.3, 0.4) is 0 Å². The molecule has 1 saturated heterocycles. The number of piperazine rings is 1. The number of rotatable bonds is 6. The fourth-order valence-corrected chi connectivity index (χ4v) is 3.01. The molecule has 1 aliphatic rings. The van der Waals surface area contributed by atoms with Crippen molar-refractivity contribution in [2.45, 2.75) is 6.04 Å². The molecule has 1 fully saturated rings. The van der Waals surface area contributed by atoms with Crippen molar-refractivity contribution >= 4 is 12.4 Å². The van der Waals surface area contributed by atoms with Gasteiger partial charge in [-0.3, -0.25) is 4.90 Å². The van der Waals surface area contributed by atoms with Gasteiger partial charge in [-0.1, -0.05) is 12.1 Å². The first kappa shape index (κ1) is 19.5. The number of hydrogen-bond donors (Lipinski definition) is 1. The van der Waals surface area contributed by atoms with E-state index in [4.69, 9.17) is 9.47 Å². The summed E-state index contributed by atoms with van der Waals surface area (Å²) in [6.07, 6.45) is 0. The molecule has 25 heavy (non-hydrogen) atoms.